The van der Waals surface area contributed by atoms with E-state index in [2.05, 4.69) is 15.9 Å². The first-order valence-electron chi connectivity index (χ1n) is 3.32. The van der Waals surface area contributed by atoms with Gasteiger partial charge in [0.25, 0.3) is 0 Å². The lowest BCUT2D eigenvalue weighted by Crippen LogP contribution is -2.05. The Bertz CT molecular complexity index is 260. The Morgan fingerprint density at radius 1 is 1.55 bits per heavy atom. The lowest BCUT2D eigenvalue weighted by molar-refractivity contribution is 0.818. The molecule has 0 aliphatic heterocycles. The second kappa shape index (κ2) is 3.57. The zero-order valence-corrected chi connectivity index (χ0v) is 8.48. The molecule has 11 heavy (non-hydrogen) atoms. The Balaban J connectivity index is 3.13. The van der Waals surface area contributed by atoms with Crippen LogP contribution in [0.2, 0.25) is 5.02 Å². The summed E-state index contributed by atoms with van der Waals surface area (Å²) in [4.78, 5) is 0. The molecular formula is C8H9BrClN. The quantitative estimate of drug-likeness (QED) is 0.794. The van der Waals surface area contributed by atoms with Crippen LogP contribution in [0.4, 0.5) is 0 Å². The average Bonchev–Trinajstić information content (AvgIpc) is 1.94. The summed E-state index contributed by atoms with van der Waals surface area (Å²) >= 11 is 9.24. The van der Waals surface area contributed by atoms with Gasteiger partial charge in [-0.25, -0.2) is 0 Å². The fraction of sp³-hybridized carbons (Fsp3) is 0.250. The lowest BCUT2D eigenvalue weighted by atomic mass is 10.1. The van der Waals surface area contributed by atoms with Gasteiger partial charge in [-0.3, -0.25) is 0 Å². The molecule has 0 amide bonds. The predicted molar refractivity (Wildman–Crippen MR) is 51.8 cm³/mol. The minimum absolute atomic E-state index is 0.0139. The van der Waals surface area contributed by atoms with E-state index in [-0.39, 0.29) is 6.04 Å². The Kier molecular flexibility index (Phi) is 2.93. The van der Waals surface area contributed by atoms with Crippen LogP contribution in [0, 0.1) is 0 Å². The van der Waals surface area contributed by atoms with Gasteiger partial charge in [0, 0.05) is 15.5 Å². The van der Waals surface area contributed by atoms with E-state index in [4.69, 9.17) is 17.3 Å². The van der Waals surface area contributed by atoms with Crippen LogP contribution in [0.5, 0.6) is 0 Å². The Morgan fingerprint density at radius 2 is 2.18 bits per heavy atom. The second-order valence-electron chi connectivity index (χ2n) is 2.45. The van der Waals surface area contributed by atoms with E-state index in [0.29, 0.717) is 0 Å². The van der Waals surface area contributed by atoms with Crippen LogP contribution in [0.1, 0.15) is 18.5 Å². The van der Waals surface area contributed by atoms with Crippen LogP contribution in [0.25, 0.3) is 0 Å². The molecule has 1 aromatic rings. The molecule has 0 radical (unpaired) electrons. The van der Waals surface area contributed by atoms with Gasteiger partial charge in [0.1, 0.15) is 0 Å². The molecule has 0 saturated heterocycles. The fourth-order valence-electron chi connectivity index (χ4n) is 0.864. The molecule has 0 heterocycles. The summed E-state index contributed by atoms with van der Waals surface area (Å²) in [5.74, 6) is 0. The first-order valence-corrected chi connectivity index (χ1v) is 4.49. The maximum atomic E-state index is 5.89. The summed E-state index contributed by atoms with van der Waals surface area (Å²) in [5, 5.41) is 0.725. The molecule has 0 bridgehead atoms. The van der Waals surface area contributed by atoms with Crippen molar-refractivity contribution in [3.8, 4) is 0 Å². The molecule has 1 nitrogen and oxygen atoms in total. The summed E-state index contributed by atoms with van der Waals surface area (Å²) in [6, 6.07) is 5.66. The minimum Gasteiger partial charge on any atom is -0.324 e. The average molecular weight is 235 g/mol. The van der Waals surface area contributed by atoms with Crippen molar-refractivity contribution < 1.29 is 0 Å². The molecule has 3 heteroatoms. The van der Waals surface area contributed by atoms with E-state index in [0.717, 1.165) is 15.1 Å². The van der Waals surface area contributed by atoms with Crippen molar-refractivity contribution in [2.24, 2.45) is 5.73 Å². The lowest BCUT2D eigenvalue weighted by Gasteiger charge is -2.07. The summed E-state index contributed by atoms with van der Waals surface area (Å²) in [6.45, 7) is 1.91. The van der Waals surface area contributed by atoms with E-state index in [1.807, 2.05) is 25.1 Å². The molecular weight excluding hydrogens is 225 g/mol. The Hall–Kier alpha value is -0.0500. The number of hydrogen-bond donors (Lipinski definition) is 1. The molecule has 1 rings (SSSR count). The smallest absolute Gasteiger partial charge is 0.0454 e. The van der Waals surface area contributed by atoms with Gasteiger partial charge in [0.05, 0.1) is 0 Å². The number of benzene rings is 1. The van der Waals surface area contributed by atoms with Gasteiger partial charge in [-0.05, 0) is 30.7 Å². The Morgan fingerprint density at radius 3 is 2.64 bits per heavy atom. The van der Waals surface area contributed by atoms with Crippen LogP contribution in [-0.4, -0.2) is 0 Å². The van der Waals surface area contributed by atoms with Gasteiger partial charge < -0.3 is 5.73 Å². The molecule has 2 N–H and O–H groups in total. The van der Waals surface area contributed by atoms with Crippen molar-refractivity contribution >= 4 is 27.5 Å². The molecule has 0 aliphatic carbocycles. The highest BCUT2D eigenvalue weighted by atomic mass is 79.9. The topological polar surface area (TPSA) is 26.0 Å². The highest BCUT2D eigenvalue weighted by Gasteiger charge is 2.04. The molecule has 1 unspecified atom stereocenters. The van der Waals surface area contributed by atoms with E-state index in [9.17, 15) is 0 Å². The molecule has 0 saturated carbocycles. The molecule has 0 spiro atoms. The first kappa shape index (κ1) is 9.04. The van der Waals surface area contributed by atoms with E-state index >= 15 is 0 Å². The monoisotopic (exact) mass is 233 g/mol. The predicted octanol–water partition coefficient (Wildman–Crippen LogP) is 3.12. The molecule has 0 aromatic heterocycles. The van der Waals surface area contributed by atoms with Crippen LogP contribution in [0.15, 0.2) is 22.7 Å². The summed E-state index contributed by atoms with van der Waals surface area (Å²) in [5.41, 5.74) is 6.65. The summed E-state index contributed by atoms with van der Waals surface area (Å²) in [6.07, 6.45) is 0. The Labute approximate surface area is 79.7 Å². The van der Waals surface area contributed by atoms with E-state index < -0.39 is 0 Å². The first-order chi connectivity index (χ1) is 5.11. The number of rotatable bonds is 1. The summed E-state index contributed by atoms with van der Waals surface area (Å²) < 4.78 is 1.01. The maximum absolute atomic E-state index is 5.89. The largest absolute Gasteiger partial charge is 0.324 e. The third-order valence-electron chi connectivity index (χ3n) is 1.45. The SMILES string of the molecule is CC(N)c1cc(Br)ccc1Cl. The van der Waals surface area contributed by atoms with Crippen LogP contribution in [0.3, 0.4) is 0 Å². The molecule has 60 valence electrons. The second-order valence-corrected chi connectivity index (χ2v) is 3.78. The van der Waals surface area contributed by atoms with E-state index in [1.165, 1.54) is 0 Å². The van der Waals surface area contributed by atoms with Crippen molar-refractivity contribution in [1.29, 1.82) is 0 Å². The zero-order chi connectivity index (χ0) is 8.43. The van der Waals surface area contributed by atoms with Gasteiger partial charge in [-0.2, -0.15) is 0 Å². The van der Waals surface area contributed by atoms with Crippen LogP contribution < -0.4 is 5.73 Å². The number of hydrogen-bond acceptors (Lipinski definition) is 1. The standard InChI is InChI=1S/C8H9BrClN/c1-5(11)7-4-6(9)2-3-8(7)10/h2-5H,11H2,1H3. The van der Waals surface area contributed by atoms with Crippen molar-refractivity contribution in [2.45, 2.75) is 13.0 Å². The van der Waals surface area contributed by atoms with Crippen molar-refractivity contribution in [2.75, 3.05) is 0 Å². The van der Waals surface area contributed by atoms with Crippen molar-refractivity contribution in [1.82, 2.24) is 0 Å². The molecule has 1 atom stereocenters. The van der Waals surface area contributed by atoms with E-state index in [1.54, 1.807) is 0 Å². The zero-order valence-electron chi connectivity index (χ0n) is 6.14. The molecule has 0 fully saturated rings. The number of nitrogens with two attached hydrogens (primary N) is 1. The highest BCUT2D eigenvalue weighted by Crippen LogP contribution is 2.24. The van der Waals surface area contributed by atoms with Crippen molar-refractivity contribution in [3.05, 3.63) is 33.3 Å². The van der Waals surface area contributed by atoms with Crippen LogP contribution in [-0.2, 0) is 0 Å². The maximum Gasteiger partial charge on any atom is 0.0454 e. The van der Waals surface area contributed by atoms with Gasteiger partial charge in [-0.1, -0.05) is 27.5 Å². The third-order valence-corrected chi connectivity index (χ3v) is 2.29. The summed E-state index contributed by atoms with van der Waals surface area (Å²) in [7, 11) is 0. The minimum atomic E-state index is -0.0139. The highest BCUT2D eigenvalue weighted by molar-refractivity contribution is 9.10. The van der Waals surface area contributed by atoms with Crippen molar-refractivity contribution in [3.63, 3.8) is 0 Å². The van der Waals surface area contributed by atoms with Gasteiger partial charge in [0.15, 0.2) is 0 Å². The van der Waals surface area contributed by atoms with Gasteiger partial charge >= 0.3 is 0 Å². The molecule has 1 aromatic carbocycles. The van der Waals surface area contributed by atoms with Crippen LogP contribution >= 0.6 is 27.5 Å². The fourth-order valence-corrected chi connectivity index (χ4v) is 1.53. The number of halogens is 2. The van der Waals surface area contributed by atoms with Gasteiger partial charge in [0.2, 0.25) is 0 Å². The van der Waals surface area contributed by atoms with Gasteiger partial charge in [-0.15, -0.1) is 0 Å². The molecule has 0 aliphatic rings. The normalized spacial score (nSPS) is 13.1. The third kappa shape index (κ3) is 2.19.